The lowest BCUT2D eigenvalue weighted by Crippen LogP contribution is -2.41. The van der Waals surface area contributed by atoms with Crippen molar-refractivity contribution in [3.05, 3.63) is 0 Å². The average Bonchev–Trinajstić information content (AvgIpc) is 2.39. The van der Waals surface area contributed by atoms with Crippen molar-refractivity contribution < 1.29 is 9.90 Å². The number of nitrogens with one attached hydrogen (secondary N) is 1. The van der Waals surface area contributed by atoms with Gasteiger partial charge in [-0.2, -0.15) is 5.26 Å². The van der Waals surface area contributed by atoms with Gasteiger partial charge in [0.1, 0.15) is 5.41 Å². The second kappa shape index (κ2) is 8.93. The number of nitriles is 1. The van der Waals surface area contributed by atoms with Gasteiger partial charge in [0.25, 0.3) is 0 Å². The highest BCUT2D eigenvalue weighted by Gasteiger charge is 2.34. The molecule has 2 N–H and O–H groups in total. The standard InChI is InChI=1S/C14H26N2O2/c1-4-7-12(8-9-17)10-16-13(18)14(5-2,6-3)11-15/h12,17H,4-10H2,1-3H3,(H,16,18). The molecule has 0 aliphatic carbocycles. The highest BCUT2D eigenvalue weighted by molar-refractivity contribution is 5.85. The molecule has 1 unspecified atom stereocenters. The Labute approximate surface area is 110 Å². The van der Waals surface area contributed by atoms with Crippen LogP contribution in [0.15, 0.2) is 0 Å². The number of amides is 1. The third kappa shape index (κ3) is 4.66. The first-order chi connectivity index (χ1) is 8.60. The molecular formula is C14H26N2O2. The van der Waals surface area contributed by atoms with Crippen molar-refractivity contribution in [1.82, 2.24) is 5.32 Å². The predicted octanol–water partition coefficient (Wildman–Crippen LogP) is 2.23. The van der Waals surface area contributed by atoms with E-state index in [-0.39, 0.29) is 12.5 Å². The van der Waals surface area contributed by atoms with E-state index in [2.05, 4.69) is 18.3 Å². The summed E-state index contributed by atoms with van der Waals surface area (Å²) in [5.74, 6) is 0.128. The second-order valence-electron chi connectivity index (χ2n) is 4.78. The summed E-state index contributed by atoms with van der Waals surface area (Å²) in [5, 5.41) is 21.0. The van der Waals surface area contributed by atoms with Crippen LogP contribution in [0, 0.1) is 22.7 Å². The minimum atomic E-state index is -0.893. The van der Waals surface area contributed by atoms with Crippen LogP contribution in [0.3, 0.4) is 0 Å². The molecule has 4 heteroatoms. The first-order valence-corrected chi connectivity index (χ1v) is 6.90. The molecule has 0 bridgehead atoms. The lowest BCUT2D eigenvalue weighted by atomic mass is 9.83. The van der Waals surface area contributed by atoms with E-state index in [1.165, 1.54) is 0 Å². The molecule has 1 amide bonds. The molecule has 0 fully saturated rings. The first-order valence-electron chi connectivity index (χ1n) is 6.90. The maximum atomic E-state index is 12.1. The summed E-state index contributed by atoms with van der Waals surface area (Å²) in [4.78, 5) is 12.1. The first kappa shape index (κ1) is 16.9. The van der Waals surface area contributed by atoms with Crippen LogP contribution in [0.5, 0.6) is 0 Å². The van der Waals surface area contributed by atoms with E-state index in [0.29, 0.717) is 31.7 Å². The van der Waals surface area contributed by atoms with Gasteiger partial charge in [-0.05, 0) is 31.6 Å². The van der Waals surface area contributed by atoms with Gasteiger partial charge >= 0.3 is 0 Å². The van der Waals surface area contributed by atoms with Gasteiger partial charge in [0.05, 0.1) is 6.07 Å². The molecule has 0 rings (SSSR count). The Kier molecular flexibility index (Phi) is 8.40. The highest BCUT2D eigenvalue weighted by atomic mass is 16.3. The molecule has 4 nitrogen and oxygen atoms in total. The van der Waals surface area contributed by atoms with Gasteiger partial charge in [-0.1, -0.05) is 27.2 Å². The molecule has 0 radical (unpaired) electrons. The highest BCUT2D eigenvalue weighted by Crippen LogP contribution is 2.25. The van der Waals surface area contributed by atoms with Crippen LogP contribution in [0.4, 0.5) is 0 Å². The van der Waals surface area contributed by atoms with Gasteiger partial charge in [-0.3, -0.25) is 4.79 Å². The maximum absolute atomic E-state index is 12.1. The summed E-state index contributed by atoms with van der Waals surface area (Å²) < 4.78 is 0. The molecule has 0 aromatic rings. The SMILES string of the molecule is CCCC(CCO)CNC(=O)C(C#N)(CC)CC. The van der Waals surface area contributed by atoms with E-state index in [9.17, 15) is 4.79 Å². The predicted molar refractivity (Wildman–Crippen MR) is 71.7 cm³/mol. The molecule has 104 valence electrons. The van der Waals surface area contributed by atoms with Crippen molar-refractivity contribution in [3.63, 3.8) is 0 Å². The quantitative estimate of drug-likeness (QED) is 0.662. The van der Waals surface area contributed by atoms with Crippen LogP contribution < -0.4 is 5.32 Å². The molecular weight excluding hydrogens is 228 g/mol. The Morgan fingerprint density at radius 3 is 2.33 bits per heavy atom. The summed E-state index contributed by atoms with van der Waals surface area (Å²) in [6, 6.07) is 2.14. The fraction of sp³-hybridized carbons (Fsp3) is 0.857. The summed E-state index contributed by atoms with van der Waals surface area (Å²) in [7, 11) is 0. The minimum absolute atomic E-state index is 0.144. The molecule has 0 saturated carbocycles. The number of rotatable bonds is 9. The third-order valence-corrected chi connectivity index (χ3v) is 3.64. The zero-order valence-corrected chi connectivity index (χ0v) is 11.8. The topological polar surface area (TPSA) is 73.1 Å². The van der Waals surface area contributed by atoms with Gasteiger partial charge in [-0.15, -0.1) is 0 Å². The Morgan fingerprint density at radius 1 is 1.33 bits per heavy atom. The molecule has 0 aliphatic rings. The van der Waals surface area contributed by atoms with Crippen molar-refractivity contribution in [3.8, 4) is 6.07 Å². The van der Waals surface area contributed by atoms with E-state index in [1.807, 2.05) is 13.8 Å². The van der Waals surface area contributed by atoms with Crippen LogP contribution in [0.1, 0.15) is 52.9 Å². The molecule has 0 spiro atoms. The lowest BCUT2D eigenvalue weighted by molar-refractivity contribution is -0.128. The molecule has 0 heterocycles. The third-order valence-electron chi connectivity index (χ3n) is 3.64. The van der Waals surface area contributed by atoms with Crippen LogP contribution in [0.25, 0.3) is 0 Å². The monoisotopic (exact) mass is 254 g/mol. The largest absolute Gasteiger partial charge is 0.396 e. The average molecular weight is 254 g/mol. The van der Waals surface area contributed by atoms with Crippen molar-refractivity contribution in [2.45, 2.75) is 52.9 Å². The van der Waals surface area contributed by atoms with E-state index in [1.54, 1.807) is 0 Å². The Bertz CT molecular complexity index is 274. The Balaban J connectivity index is 4.42. The molecule has 0 saturated heterocycles. The molecule has 0 aliphatic heterocycles. The lowest BCUT2D eigenvalue weighted by Gasteiger charge is -2.24. The summed E-state index contributed by atoms with van der Waals surface area (Å²) >= 11 is 0. The number of aliphatic hydroxyl groups excluding tert-OH is 1. The van der Waals surface area contributed by atoms with Crippen molar-refractivity contribution >= 4 is 5.91 Å². The van der Waals surface area contributed by atoms with Gasteiger partial charge in [0, 0.05) is 13.2 Å². The van der Waals surface area contributed by atoms with Crippen LogP contribution in [-0.4, -0.2) is 24.2 Å². The van der Waals surface area contributed by atoms with E-state index in [4.69, 9.17) is 10.4 Å². The second-order valence-corrected chi connectivity index (χ2v) is 4.78. The fourth-order valence-corrected chi connectivity index (χ4v) is 2.13. The van der Waals surface area contributed by atoms with E-state index < -0.39 is 5.41 Å². The van der Waals surface area contributed by atoms with Gasteiger partial charge < -0.3 is 10.4 Å². The number of hydrogen-bond acceptors (Lipinski definition) is 3. The summed E-state index contributed by atoms with van der Waals surface area (Å²) in [6.45, 7) is 6.51. The van der Waals surface area contributed by atoms with Crippen LogP contribution >= 0.6 is 0 Å². The van der Waals surface area contributed by atoms with Gasteiger partial charge in [0.2, 0.25) is 5.91 Å². The van der Waals surface area contributed by atoms with Gasteiger partial charge in [0.15, 0.2) is 0 Å². The number of aliphatic hydroxyl groups is 1. The van der Waals surface area contributed by atoms with Crippen LogP contribution in [0.2, 0.25) is 0 Å². The maximum Gasteiger partial charge on any atom is 0.240 e. The van der Waals surface area contributed by atoms with Gasteiger partial charge in [-0.25, -0.2) is 0 Å². The van der Waals surface area contributed by atoms with Crippen LogP contribution in [-0.2, 0) is 4.79 Å². The molecule has 1 atom stereocenters. The zero-order chi connectivity index (χ0) is 14.0. The number of nitrogens with zero attached hydrogens (tertiary/aromatic N) is 1. The molecule has 0 aromatic heterocycles. The van der Waals surface area contributed by atoms with Crippen molar-refractivity contribution in [2.75, 3.05) is 13.2 Å². The van der Waals surface area contributed by atoms with E-state index >= 15 is 0 Å². The van der Waals surface area contributed by atoms with Crippen molar-refractivity contribution in [1.29, 1.82) is 5.26 Å². The molecule has 18 heavy (non-hydrogen) atoms. The molecule has 0 aromatic carbocycles. The Morgan fingerprint density at radius 2 is 1.94 bits per heavy atom. The minimum Gasteiger partial charge on any atom is -0.396 e. The zero-order valence-electron chi connectivity index (χ0n) is 11.8. The normalized spacial score (nSPS) is 12.8. The van der Waals surface area contributed by atoms with Crippen molar-refractivity contribution in [2.24, 2.45) is 11.3 Å². The number of carbonyl (C=O) groups excluding carboxylic acids is 1. The smallest absolute Gasteiger partial charge is 0.240 e. The summed E-state index contributed by atoms with van der Waals surface area (Å²) in [5.41, 5.74) is -0.893. The van der Waals surface area contributed by atoms with E-state index in [0.717, 1.165) is 12.8 Å². The summed E-state index contributed by atoms with van der Waals surface area (Å²) in [6.07, 6.45) is 3.78. The number of carbonyl (C=O) groups is 1. The fourth-order valence-electron chi connectivity index (χ4n) is 2.13. The number of hydrogen-bond donors (Lipinski definition) is 2. The Hall–Kier alpha value is -1.08.